The van der Waals surface area contributed by atoms with E-state index in [0.717, 1.165) is 11.1 Å². The summed E-state index contributed by atoms with van der Waals surface area (Å²) in [4.78, 5) is 21.9. The number of carbonyl (C=O) groups excluding carboxylic acids is 1. The molecule has 1 aromatic carbocycles. The van der Waals surface area contributed by atoms with Crippen LogP contribution in [0.25, 0.3) is 0 Å². The lowest BCUT2D eigenvalue weighted by Gasteiger charge is -2.10. The number of rotatable bonds is 6. The number of aliphatic carboxylic acids is 1. The predicted molar refractivity (Wildman–Crippen MR) is 65.0 cm³/mol. The Morgan fingerprint density at radius 2 is 1.94 bits per heavy atom. The molecule has 5 heteroatoms. The maximum absolute atomic E-state index is 12.3. The number of alkyl halides is 1. The molecule has 0 radical (unpaired) electrons. The second-order valence-corrected chi connectivity index (χ2v) is 4.10. The first-order valence-corrected chi connectivity index (χ1v) is 5.66. The number of halogens is 1. The van der Waals surface area contributed by atoms with E-state index in [1.54, 1.807) is 0 Å². The normalized spacial score (nSPS) is 11.9. The van der Waals surface area contributed by atoms with Crippen molar-refractivity contribution in [1.29, 1.82) is 0 Å². The Morgan fingerprint density at radius 1 is 1.33 bits per heavy atom. The lowest BCUT2D eigenvalue weighted by Crippen LogP contribution is -2.42. The molecular formula is C13H16FNO3. The highest BCUT2D eigenvalue weighted by molar-refractivity contribution is 5.83. The van der Waals surface area contributed by atoms with Crippen LogP contribution in [0, 0.1) is 6.92 Å². The minimum Gasteiger partial charge on any atom is -0.480 e. The van der Waals surface area contributed by atoms with Crippen molar-refractivity contribution in [3.05, 3.63) is 35.4 Å². The molecule has 0 aliphatic heterocycles. The number of benzene rings is 1. The molecule has 1 amide bonds. The molecule has 0 bridgehead atoms. The number of carbonyl (C=O) groups is 2. The van der Waals surface area contributed by atoms with Crippen molar-refractivity contribution < 1.29 is 19.1 Å². The summed E-state index contributed by atoms with van der Waals surface area (Å²) >= 11 is 0. The van der Waals surface area contributed by atoms with Gasteiger partial charge in [-0.1, -0.05) is 29.8 Å². The van der Waals surface area contributed by atoms with Crippen LogP contribution >= 0.6 is 0 Å². The van der Waals surface area contributed by atoms with Gasteiger partial charge in [0.1, 0.15) is 6.67 Å². The fourth-order valence-electron chi connectivity index (χ4n) is 1.45. The smallest absolute Gasteiger partial charge is 0.328 e. The molecule has 98 valence electrons. The van der Waals surface area contributed by atoms with Gasteiger partial charge in [-0.2, -0.15) is 0 Å². The quantitative estimate of drug-likeness (QED) is 0.806. The molecule has 0 aliphatic rings. The second kappa shape index (κ2) is 6.74. The molecule has 0 fully saturated rings. The fourth-order valence-corrected chi connectivity index (χ4v) is 1.45. The third-order valence-electron chi connectivity index (χ3n) is 2.55. The molecule has 0 aromatic heterocycles. The lowest BCUT2D eigenvalue weighted by atomic mass is 10.1. The summed E-state index contributed by atoms with van der Waals surface area (Å²) in [7, 11) is 0. The van der Waals surface area contributed by atoms with Crippen LogP contribution in [0.3, 0.4) is 0 Å². The summed E-state index contributed by atoms with van der Waals surface area (Å²) in [5, 5.41) is 10.7. The van der Waals surface area contributed by atoms with E-state index in [9.17, 15) is 14.0 Å². The number of nitrogens with one attached hydrogen (secondary N) is 1. The van der Waals surface area contributed by atoms with E-state index in [1.807, 2.05) is 31.2 Å². The largest absolute Gasteiger partial charge is 0.480 e. The molecule has 0 saturated carbocycles. The Hall–Kier alpha value is -1.91. The highest BCUT2D eigenvalue weighted by Gasteiger charge is 2.19. The van der Waals surface area contributed by atoms with Gasteiger partial charge in [0.05, 0.1) is 0 Å². The zero-order valence-electron chi connectivity index (χ0n) is 10.1. The summed E-state index contributed by atoms with van der Waals surface area (Å²) < 4.78 is 12.3. The first-order chi connectivity index (χ1) is 8.52. The average molecular weight is 253 g/mol. The Bertz CT molecular complexity index is 417. The van der Waals surface area contributed by atoms with Crippen LogP contribution in [0.1, 0.15) is 17.5 Å². The predicted octanol–water partition coefficient (Wildman–Crippen LogP) is 1.47. The number of carboxylic acids is 1. The number of aryl methyl sites for hydroxylation is 2. The zero-order valence-corrected chi connectivity index (χ0v) is 10.1. The highest BCUT2D eigenvalue weighted by Crippen LogP contribution is 2.05. The third kappa shape index (κ3) is 4.53. The number of hydrogen-bond donors (Lipinski definition) is 2. The van der Waals surface area contributed by atoms with Gasteiger partial charge in [-0.3, -0.25) is 4.79 Å². The molecule has 0 aliphatic carbocycles. The van der Waals surface area contributed by atoms with E-state index in [-0.39, 0.29) is 6.42 Å². The summed E-state index contributed by atoms with van der Waals surface area (Å²) in [6.45, 7) is 0.862. The van der Waals surface area contributed by atoms with Gasteiger partial charge in [-0.15, -0.1) is 0 Å². The Balaban J connectivity index is 2.41. The monoisotopic (exact) mass is 253 g/mol. The lowest BCUT2D eigenvalue weighted by molar-refractivity contribution is -0.142. The van der Waals surface area contributed by atoms with E-state index in [1.165, 1.54) is 0 Å². The third-order valence-corrected chi connectivity index (χ3v) is 2.55. The van der Waals surface area contributed by atoms with Crippen LogP contribution in [0.4, 0.5) is 4.39 Å². The molecule has 2 N–H and O–H groups in total. The van der Waals surface area contributed by atoms with Crippen LogP contribution in [0.2, 0.25) is 0 Å². The molecule has 0 saturated heterocycles. The van der Waals surface area contributed by atoms with Gasteiger partial charge in [0.15, 0.2) is 6.04 Å². The van der Waals surface area contributed by atoms with Crippen molar-refractivity contribution in [2.45, 2.75) is 25.8 Å². The minimum atomic E-state index is -1.45. The van der Waals surface area contributed by atoms with Gasteiger partial charge >= 0.3 is 5.97 Å². The maximum atomic E-state index is 12.3. The molecule has 1 unspecified atom stereocenters. The Morgan fingerprint density at radius 3 is 2.44 bits per heavy atom. The van der Waals surface area contributed by atoms with Crippen LogP contribution in [-0.4, -0.2) is 29.7 Å². The fraction of sp³-hybridized carbons (Fsp3) is 0.385. The van der Waals surface area contributed by atoms with Crippen molar-refractivity contribution >= 4 is 11.9 Å². The zero-order chi connectivity index (χ0) is 13.5. The van der Waals surface area contributed by atoms with Crippen LogP contribution in [0.5, 0.6) is 0 Å². The van der Waals surface area contributed by atoms with Crippen LogP contribution < -0.4 is 5.32 Å². The number of hydrogen-bond acceptors (Lipinski definition) is 2. The van der Waals surface area contributed by atoms with E-state index in [0.29, 0.717) is 6.42 Å². The summed E-state index contributed by atoms with van der Waals surface area (Å²) in [6, 6.07) is 6.25. The second-order valence-electron chi connectivity index (χ2n) is 4.10. The van der Waals surface area contributed by atoms with Crippen molar-refractivity contribution in [3.63, 3.8) is 0 Å². The van der Waals surface area contributed by atoms with Crippen LogP contribution in [-0.2, 0) is 16.0 Å². The van der Waals surface area contributed by atoms with E-state index < -0.39 is 24.6 Å². The van der Waals surface area contributed by atoms with Gasteiger partial charge in [0.2, 0.25) is 5.91 Å². The molecule has 18 heavy (non-hydrogen) atoms. The van der Waals surface area contributed by atoms with Crippen molar-refractivity contribution in [2.24, 2.45) is 0 Å². The van der Waals surface area contributed by atoms with Crippen LogP contribution in [0.15, 0.2) is 24.3 Å². The minimum absolute atomic E-state index is 0.146. The number of amides is 1. The molecular weight excluding hydrogens is 237 g/mol. The molecule has 0 spiro atoms. The van der Waals surface area contributed by atoms with Gasteiger partial charge < -0.3 is 10.4 Å². The van der Waals surface area contributed by atoms with Gasteiger partial charge in [-0.05, 0) is 18.9 Å². The van der Waals surface area contributed by atoms with Gasteiger partial charge in [-0.25, -0.2) is 9.18 Å². The first kappa shape index (κ1) is 14.2. The molecule has 0 heterocycles. The van der Waals surface area contributed by atoms with E-state index in [2.05, 4.69) is 5.32 Å². The topological polar surface area (TPSA) is 66.4 Å². The molecule has 1 atom stereocenters. The Labute approximate surface area is 105 Å². The van der Waals surface area contributed by atoms with Gasteiger partial charge in [0, 0.05) is 6.42 Å². The summed E-state index contributed by atoms with van der Waals surface area (Å²) in [5.74, 6) is -1.82. The summed E-state index contributed by atoms with van der Waals surface area (Å²) in [5.41, 5.74) is 2.12. The van der Waals surface area contributed by atoms with E-state index in [4.69, 9.17) is 5.11 Å². The molecule has 1 aromatic rings. The standard InChI is InChI=1S/C13H16FNO3/c1-9-2-4-10(5-3-9)6-7-12(16)15-11(8-14)13(17)18/h2-5,11H,6-8H2,1H3,(H,15,16)(H,17,18). The van der Waals surface area contributed by atoms with Crippen molar-refractivity contribution in [3.8, 4) is 0 Å². The summed E-state index contributed by atoms with van der Waals surface area (Å²) in [6.07, 6.45) is 0.650. The SMILES string of the molecule is Cc1ccc(CCC(=O)NC(CF)C(=O)O)cc1. The van der Waals surface area contributed by atoms with Gasteiger partial charge in [0.25, 0.3) is 0 Å². The Kier molecular flexibility index (Phi) is 5.30. The van der Waals surface area contributed by atoms with Crippen molar-refractivity contribution in [2.75, 3.05) is 6.67 Å². The number of carboxylic acid groups (broad SMARTS) is 1. The highest BCUT2D eigenvalue weighted by atomic mass is 19.1. The average Bonchev–Trinajstić information content (AvgIpc) is 2.35. The van der Waals surface area contributed by atoms with Crippen molar-refractivity contribution in [1.82, 2.24) is 5.32 Å². The molecule has 4 nitrogen and oxygen atoms in total. The maximum Gasteiger partial charge on any atom is 0.328 e. The van der Waals surface area contributed by atoms with E-state index >= 15 is 0 Å². The first-order valence-electron chi connectivity index (χ1n) is 5.66. The molecule has 1 rings (SSSR count).